The highest BCUT2D eigenvalue weighted by atomic mass is 16.3. The molecule has 0 aromatic rings. The molecule has 0 aromatic heterocycles. The lowest BCUT2D eigenvalue weighted by atomic mass is 10.0. The minimum atomic E-state index is -0.439. The molecule has 0 amide bonds. The summed E-state index contributed by atoms with van der Waals surface area (Å²) in [5, 5.41) is 9.09. The molecule has 0 spiro atoms. The van der Waals surface area contributed by atoms with E-state index in [1.54, 1.807) is 6.92 Å². The van der Waals surface area contributed by atoms with Crippen LogP contribution in [0, 0.1) is 0 Å². The van der Waals surface area contributed by atoms with Crippen LogP contribution in [0.2, 0.25) is 0 Å². The minimum absolute atomic E-state index is 0.185. The largest absolute Gasteiger partial charge is 0.391 e. The number of rotatable bonds is 2. The van der Waals surface area contributed by atoms with Crippen molar-refractivity contribution in [2.75, 3.05) is 0 Å². The van der Waals surface area contributed by atoms with E-state index in [1.165, 1.54) is 0 Å². The van der Waals surface area contributed by atoms with Gasteiger partial charge in [0.1, 0.15) is 0 Å². The maximum Gasteiger partial charge on any atom is 0.0701 e. The molecule has 0 unspecified atom stereocenters. The Morgan fingerprint density at radius 1 is 1.70 bits per heavy atom. The standard InChI is InChI=1S/C8H13NO/c1-6(10)8(9)7-4-2-3-5-7/h2-4,6,8,10H,5,9H2,1H3/t6-,8+/m1/s1. The molecule has 0 aliphatic heterocycles. The average molecular weight is 139 g/mol. The molecule has 2 atom stereocenters. The number of hydrogen-bond donors (Lipinski definition) is 2. The maximum absolute atomic E-state index is 9.09. The molecule has 0 bridgehead atoms. The van der Waals surface area contributed by atoms with Crippen LogP contribution in [0.3, 0.4) is 0 Å². The first-order valence-corrected chi connectivity index (χ1v) is 3.51. The van der Waals surface area contributed by atoms with E-state index in [9.17, 15) is 0 Å². The first kappa shape index (κ1) is 7.51. The van der Waals surface area contributed by atoms with Crippen LogP contribution in [-0.4, -0.2) is 17.3 Å². The van der Waals surface area contributed by atoms with E-state index >= 15 is 0 Å². The maximum atomic E-state index is 9.09. The van der Waals surface area contributed by atoms with E-state index in [4.69, 9.17) is 10.8 Å². The first-order valence-electron chi connectivity index (χ1n) is 3.51. The molecule has 2 nitrogen and oxygen atoms in total. The number of nitrogens with two attached hydrogens (primary N) is 1. The van der Waals surface area contributed by atoms with Gasteiger partial charge in [0.05, 0.1) is 12.1 Å². The SMILES string of the molecule is C[C@@H](O)[C@H](N)C1=CC=CC1. The van der Waals surface area contributed by atoms with Crippen LogP contribution in [0.5, 0.6) is 0 Å². The number of hydrogen-bond acceptors (Lipinski definition) is 2. The van der Waals surface area contributed by atoms with Gasteiger partial charge in [0.25, 0.3) is 0 Å². The molecule has 3 N–H and O–H groups in total. The number of aliphatic hydroxyl groups is 1. The summed E-state index contributed by atoms with van der Waals surface area (Å²) in [6.07, 6.45) is 6.43. The van der Waals surface area contributed by atoms with E-state index in [0.717, 1.165) is 12.0 Å². The molecule has 1 aliphatic carbocycles. The van der Waals surface area contributed by atoms with Crippen molar-refractivity contribution >= 4 is 0 Å². The van der Waals surface area contributed by atoms with Crippen molar-refractivity contribution in [3.63, 3.8) is 0 Å². The third kappa shape index (κ3) is 1.46. The Morgan fingerprint density at radius 2 is 2.40 bits per heavy atom. The van der Waals surface area contributed by atoms with Gasteiger partial charge in [-0.2, -0.15) is 0 Å². The van der Waals surface area contributed by atoms with Crippen LogP contribution < -0.4 is 5.73 Å². The Labute approximate surface area is 61.0 Å². The molecule has 0 saturated carbocycles. The monoisotopic (exact) mass is 139 g/mol. The molecule has 0 saturated heterocycles. The fourth-order valence-corrected chi connectivity index (χ4v) is 1.02. The summed E-state index contributed by atoms with van der Waals surface area (Å²) in [6.45, 7) is 1.71. The highest BCUT2D eigenvalue weighted by molar-refractivity contribution is 5.27. The lowest BCUT2D eigenvalue weighted by Crippen LogP contribution is -2.33. The summed E-state index contributed by atoms with van der Waals surface area (Å²) in [5.74, 6) is 0. The van der Waals surface area contributed by atoms with E-state index in [2.05, 4.69) is 0 Å². The third-order valence-electron chi connectivity index (χ3n) is 1.75. The van der Waals surface area contributed by atoms with Gasteiger partial charge in [-0.1, -0.05) is 18.2 Å². The summed E-state index contributed by atoms with van der Waals surface area (Å²) in [4.78, 5) is 0. The molecular formula is C8H13NO. The Balaban J connectivity index is 2.50. The van der Waals surface area contributed by atoms with Gasteiger partial charge in [-0.3, -0.25) is 0 Å². The summed E-state index contributed by atoms with van der Waals surface area (Å²) in [5.41, 5.74) is 6.78. The summed E-state index contributed by atoms with van der Waals surface area (Å²) < 4.78 is 0. The molecule has 1 rings (SSSR count). The Morgan fingerprint density at radius 3 is 2.80 bits per heavy atom. The molecule has 0 fully saturated rings. The van der Waals surface area contributed by atoms with Crippen LogP contribution >= 0.6 is 0 Å². The van der Waals surface area contributed by atoms with Crippen LogP contribution in [0.4, 0.5) is 0 Å². The zero-order valence-corrected chi connectivity index (χ0v) is 6.12. The highest BCUT2D eigenvalue weighted by Gasteiger charge is 2.14. The van der Waals surface area contributed by atoms with Crippen molar-refractivity contribution in [2.45, 2.75) is 25.5 Å². The second-order valence-electron chi connectivity index (χ2n) is 2.64. The van der Waals surface area contributed by atoms with Crippen molar-refractivity contribution < 1.29 is 5.11 Å². The van der Waals surface area contributed by atoms with E-state index < -0.39 is 6.10 Å². The molecule has 56 valence electrons. The normalized spacial score (nSPS) is 22.5. The zero-order chi connectivity index (χ0) is 7.56. The second kappa shape index (κ2) is 2.99. The molecule has 10 heavy (non-hydrogen) atoms. The second-order valence-corrected chi connectivity index (χ2v) is 2.64. The van der Waals surface area contributed by atoms with Gasteiger partial charge in [-0.05, 0) is 18.9 Å². The van der Waals surface area contributed by atoms with Gasteiger partial charge < -0.3 is 10.8 Å². The van der Waals surface area contributed by atoms with Gasteiger partial charge in [0.2, 0.25) is 0 Å². The van der Waals surface area contributed by atoms with Gasteiger partial charge >= 0.3 is 0 Å². The molecule has 2 heteroatoms. The average Bonchev–Trinajstić information content (AvgIpc) is 2.36. The van der Waals surface area contributed by atoms with Crippen LogP contribution in [0.15, 0.2) is 23.8 Å². The summed E-state index contributed by atoms with van der Waals surface area (Å²) >= 11 is 0. The summed E-state index contributed by atoms with van der Waals surface area (Å²) in [7, 11) is 0. The quantitative estimate of drug-likeness (QED) is 0.588. The van der Waals surface area contributed by atoms with Crippen molar-refractivity contribution in [2.24, 2.45) is 5.73 Å². The fraction of sp³-hybridized carbons (Fsp3) is 0.500. The smallest absolute Gasteiger partial charge is 0.0701 e. The highest BCUT2D eigenvalue weighted by Crippen LogP contribution is 2.14. The van der Waals surface area contributed by atoms with E-state index in [-0.39, 0.29) is 6.04 Å². The Kier molecular flexibility index (Phi) is 2.25. The molecule has 0 radical (unpaired) electrons. The van der Waals surface area contributed by atoms with Gasteiger partial charge in [0.15, 0.2) is 0 Å². The molecule has 0 heterocycles. The zero-order valence-electron chi connectivity index (χ0n) is 6.12. The number of aliphatic hydroxyl groups excluding tert-OH is 1. The van der Waals surface area contributed by atoms with Crippen molar-refractivity contribution in [3.8, 4) is 0 Å². The predicted molar refractivity (Wildman–Crippen MR) is 41.5 cm³/mol. The number of allylic oxidation sites excluding steroid dienone is 3. The van der Waals surface area contributed by atoms with Crippen LogP contribution in [0.1, 0.15) is 13.3 Å². The predicted octanol–water partition coefficient (Wildman–Crippen LogP) is 0.581. The summed E-state index contributed by atoms with van der Waals surface area (Å²) in [6, 6.07) is -0.185. The van der Waals surface area contributed by atoms with Crippen molar-refractivity contribution in [1.82, 2.24) is 0 Å². The third-order valence-corrected chi connectivity index (χ3v) is 1.75. The Bertz CT molecular complexity index is 170. The topological polar surface area (TPSA) is 46.2 Å². The Hall–Kier alpha value is -0.600. The lowest BCUT2D eigenvalue weighted by Gasteiger charge is -2.15. The minimum Gasteiger partial charge on any atom is -0.391 e. The first-order chi connectivity index (χ1) is 4.72. The fourth-order valence-electron chi connectivity index (χ4n) is 1.02. The van der Waals surface area contributed by atoms with Crippen LogP contribution in [0.25, 0.3) is 0 Å². The van der Waals surface area contributed by atoms with Gasteiger partial charge in [-0.25, -0.2) is 0 Å². The van der Waals surface area contributed by atoms with Gasteiger partial charge in [0, 0.05) is 0 Å². The molecule has 0 aromatic carbocycles. The van der Waals surface area contributed by atoms with Crippen molar-refractivity contribution in [3.05, 3.63) is 23.8 Å². The lowest BCUT2D eigenvalue weighted by molar-refractivity contribution is 0.175. The van der Waals surface area contributed by atoms with E-state index in [1.807, 2.05) is 18.2 Å². The van der Waals surface area contributed by atoms with Gasteiger partial charge in [-0.15, -0.1) is 0 Å². The van der Waals surface area contributed by atoms with Crippen molar-refractivity contribution in [1.29, 1.82) is 0 Å². The van der Waals surface area contributed by atoms with E-state index in [0.29, 0.717) is 0 Å². The molecular weight excluding hydrogens is 126 g/mol. The molecule has 1 aliphatic rings. The van der Waals surface area contributed by atoms with Crippen LogP contribution in [-0.2, 0) is 0 Å².